The number of anilines is 1. The van der Waals surface area contributed by atoms with Gasteiger partial charge in [0, 0.05) is 46.6 Å². The zero-order valence-electron chi connectivity index (χ0n) is 17.0. The van der Waals surface area contributed by atoms with Gasteiger partial charge in [0.25, 0.3) is 5.92 Å². The third-order valence-electron chi connectivity index (χ3n) is 5.46. The van der Waals surface area contributed by atoms with Gasteiger partial charge in [0.05, 0.1) is 11.4 Å². The van der Waals surface area contributed by atoms with Gasteiger partial charge in [-0.1, -0.05) is 11.4 Å². The maximum Gasteiger partial charge on any atom is 0.387 e. The van der Waals surface area contributed by atoms with Gasteiger partial charge in [0.1, 0.15) is 15.5 Å². The highest BCUT2D eigenvalue weighted by Gasteiger charge is 2.39. The molecule has 1 saturated heterocycles. The van der Waals surface area contributed by atoms with Crippen LogP contribution in [0.25, 0.3) is 22.2 Å². The second-order valence-electron chi connectivity index (χ2n) is 7.52. The Bertz CT molecular complexity index is 1270. The van der Waals surface area contributed by atoms with Gasteiger partial charge in [0.2, 0.25) is 0 Å². The summed E-state index contributed by atoms with van der Waals surface area (Å²) in [6, 6.07) is 10.4. The fraction of sp³-hybridized carbons (Fsp3) is 0.333. The van der Waals surface area contributed by atoms with E-state index in [4.69, 9.17) is 0 Å². The standard InChI is InChI=1S/C21H20F5N3O2S/c1-2-32(30,28-26)15-4-6-19(29-8-7-21(24,25)12-29)16(11-15)18-10-13-9-14(31-20(22)23)3-5-17(13)27-18/h3-6,9-11,20,27H,2,7-8,12H2,1H3. The zero-order valence-corrected chi connectivity index (χ0v) is 17.8. The monoisotopic (exact) mass is 473 g/mol. The molecule has 0 amide bonds. The number of H-pyrrole nitrogens is 1. The number of alkyl halides is 4. The first-order valence-electron chi connectivity index (χ1n) is 9.84. The van der Waals surface area contributed by atoms with Crippen LogP contribution in [-0.2, 0) is 9.73 Å². The Morgan fingerprint density at radius 3 is 2.62 bits per heavy atom. The number of benzene rings is 2. The number of ether oxygens (including phenoxy) is 1. The minimum Gasteiger partial charge on any atom is -0.435 e. The lowest BCUT2D eigenvalue weighted by Gasteiger charge is -2.22. The number of halogens is 5. The van der Waals surface area contributed by atoms with Gasteiger partial charge in [-0.05, 0) is 47.0 Å². The molecule has 0 saturated carbocycles. The number of nitrogens with zero attached hydrogens (tertiary/aromatic N) is 2. The maximum atomic E-state index is 13.9. The van der Waals surface area contributed by atoms with Crippen molar-refractivity contribution in [3.05, 3.63) is 42.5 Å². The van der Waals surface area contributed by atoms with Crippen molar-refractivity contribution in [2.24, 2.45) is 4.58 Å². The summed E-state index contributed by atoms with van der Waals surface area (Å²) >= 11 is 0. The van der Waals surface area contributed by atoms with Gasteiger partial charge in [-0.25, -0.2) is 13.0 Å². The topological polar surface area (TPSA) is 57.7 Å². The summed E-state index contributed by atoms with van der Waals surface area (Å²) in [5, 5.41) is 0.549. The Labute approximate surface area is 181 Å². The van der Waals surface area contributed by atoms with E-state index in [-0.39, 0.29) is 29.4 Å². The van der Waals surface area contributed by atoms with Crippen molar-refractivity contribution in [1.82, 2.24) is 4.98 Å². The average Bonchev–Trinajstić information content (AvgIpc) is 3.34. The van der Waals surface area contributed by atoms with E-state index in [0.717, 1.165) is 0 Å². The van der Waals surface area contributed by atoms with Crippen molar-refractivity contribution in [2.75, 3.05) is 23.7 Å². The van der Waals surface area contributed by atoms with Gasteiger partial charge in [-0.15, -0.1) is 0 Å². The van der Waals surface area contributed by atoms with Crippen LogP contribution >= 0.6 is 0 Å². The number of nitrogens with one attached hydrogen (secondary N) is 1. The van der Waals surface area contributed by atoms with Crippen LogP contribution in [0.1, 0.15) is 13.3 Å². The van der Waals surface area contributed by atoms with Crippen molar-refractivity contribution >= 4 is 26.3 Å². The third-order valence-corrected chi connectivity index (χ3v) is 7.45. The minimum absolute atomic E-state index is 0.0311. The molecule has 1 aliphatic heterocycles. The first-order valence-corrected chi connectivity index (χ1v) is 11.5. The van der Waals surface area contributed by atoms with Gasteiger partial charge >= 0.3 is 6.61 Å². The Hall–Kier alpha value is -2.82. The Morgan fingerprint density at radius 1 is 1.22 bits per heavy atom. The maximum absolute atomic E-state index is 13.9. The molecule has 32 heavy (non-hydrogen) atoms. The fourth-order valence-corrected chi connectivity index (χ4v) is 4.93. The fourth-order valence-electron chi connectivity index (χ4n) is 3.83. The van der Waals surface area contributed by atoms with Crippen LogP contribution in [0.4, 0.5) is 27.7 Å². The van der Waals surface area contributed by atoms with E-state index in [9.17, 15) is 26.3 Å². The molecular formula is C21H20F5N3O2S. The van der Waals surface area contributed by atoms with Crippen LogP contribution in [0.2, 0.25) is 0 Å². The first kappa shape index (κ1) is 22.4. The summed E-state index contributed by atoms with van der Waals surface area (Å²) in [6.07, 6.45) is -0.305. The quantitative estimate of drug-likeness (QED) is 0.446. The molecule has 3 aromatic rings. The number of aromatic nitrogens is 1. The summed E-state index contributed by atoms with van der Waals surface area (Å²) in [5.74, 6) is -2.94. The molecule has 4 rings (SSSR count). The Balaban J connectivity index is 1.85. The van der Waals surface area contributed by atoms with E-state index in [1.165, 1.54) is 42.2 Å². The molecule has 1 unspecified atom stereocenters. The SMILES string of the molecule is CCS(=O)(=NF)c1ccc(N2CCC(F)(F)C2)c(-c2cc3cc(OC(F)F)ccc3[nH]2)c1. The molecule has 2 aromatic carbocycles. The number of rotatable bonds is 6. The second-order valence-corrected chi connectivity index (χ2v) is 9.98. The summed E-state index contributed by atoms with van der Waals surface area (Å²) in [4.78, 5) is 4.76. The molecule has 0 bridgehead atoms. The number of hydrogen-bond donors (Lipinski definition) is 1. The predicted octanol–water partition coefficient (Wildman–Crippen LogP) is 6.01. The van der Waals surface area contributed by atoms with Gasteiger partial charge in [0.15, 0.2) is 0 Å². The van der Waals surface area contributed by atoms with Crippen molar-refractivity contribution < 1.29 is 31.0 Å². The van der Waals surface area contributed by atoms with Crippen LogP contribution < -0.4 is 9.64 Å². The zero-order chi connectivity index (χ0) is 23.1. The highest BCUT2D eigenvalue weighted by molar-refractivity contribution is 7.93. The summed E-state index contributed by atoms with van der Waals surface area (Å²) in [5.41, 5.74) is 1.95. The van der Waals surface area contributed by atoms with Crippen LogP contribution in [0.3, 0.4) is 0 Å². The van der Waals surface area contributed by atoms with Crippen LogP contribution in [0.5, 0.6) is 5.75 Å². The van der Waals surface area contributed by atoms with Gasteiger partial charge < -0.3 is 14.6 Å². The Kier molecular flexibility index (Phi) is 5.78. The molecule has 0 aliphatic carbocycles. The normalized spacial score (nSPS) is 17.7. The second kappa shape index (κ2) is 8.27. The van der Waals surface area contributed by atoms with Crippen LogP contribution in [0, 0.1) is 0 Å². The Morgan fingerprint density at radius 2 is 2.00 bits per heavy atom. The van der Waals surface area contributed by atoms with Crippen molar-refractivity contribution in [3.8, 4) is 17.0 Å². The average molecular weight is 473 g/mol. The largest absolute Gasteiger partial charge is 0.435 e. The van der Waals surface area contributed by atoms with Gasteiger partial charge in [-0.3, -0.25) is 0 Å². The van der Waals surface area contributed by atoms with Crippen LogP contribution in [0.15, 0.2) is 51.9 Å². The first-order chi connectivity index (χ1) is 15.1. The molecule has 5 nitrogen and oxygen atoms in total. The van der Waals surface area contributed by atoms with Crippen molar-refractivity contribution in [2.45, 2.75) is 30.8 Å². The molecule has 0 radical (unpaired) electrons. The van der Waals surface area contributed by atoms with E-state index < -0.39 is 28.8 Å². The highest BCUT2D eigenvalue weighted by Crippen LogP contribution is 2.39. The summed E-state index contributed by atoms with van der Waals surface area (Å²) in [6.45, 7) is -1.81. The van der Waals surface area contributed by atoms with E-state index >= 15 is 0 Å². The van der Waals surface area contributed by atoms with E-state index in [1.807, 2.05) is 0 Å². The molecule has 1 aliphatic rings. The van der Waals surface area contributed by atoms with E-state index in [2.05, 4.69) is 14.3 Å². The van der Waals surface area contributed by atoms with E-state index in [1.54, 1.807) is 12.1 Å². The smallest absolute Gasteiger partial charge is 0.387 e. The molecule has 2 heterocycles. The predicted molar refractivity (Wildman–Crippen MR) is 113 cm³/mol. The molecule has 1 atom stereocenters. The number of hydrogen-bond acceptors (Lipinski definition) is 4. The number of aromatic amines is 1. The molecule has 0 spiro atoms. The molecule has 172 valence electrons. The number of fused-ring (bicyclic) bond motifs is 1. The lowest BCUT2D eigenvalue weighted by Crippen LogP contribution is -2.25. The lowest BCUT2D eigenvalue weighted by molar-refractivity contribution is -0.0497. The minimum atomic E-state index is -3.31. The lowest BCUT2D eigenvalue weighted by atomic mass is 10.1. The molecule has 1 fully saturated rings. The third kappa shape index (κ3) is 4.25. The molecular weight excluding hydrogens is 453 g/mol. The van der Waals surface area contributed by atoms with Crippen LogP contribution in [-0.4, -0.2) is 40.6 Å². The molecule has 11 heteroatoms. The molecule has 1 N–H and O–H groups in total. The summed E-state index contributed by atoms with van der Waals surface area (Å²) < 4.78 is 85.9. The van der Waals surface area contributed by atoms with Crippen molar-refractivity contribution in [1.29, 1.82) is 0 Å². The van der Waals surface area contributed by atoms with E-state index in [0.29, 0.717) is 27.8 Å². The summed E-state index contributed by atoms with van der Waals surface area (Å²) in [7, 11) is -3.31. The molecule has 1 aromatic heterocycles. The van der Waals surface area contributed by atoms with Gasteiger partial charge in [-0.2, -0.15) is 8.78 Å². The van der Waals surface area contributed by atoms with Crippen molar-refractivity contribution in [3.63, 3.8) is 0 Å². The highest BCUT2D eigenvalue weighted by atomic mass is 32.2.